The Hall–Kier alpha value is -0.280. The predicted molar refractivity (Wildman–Crippen MR) is 51.0 cm³/mol. The topological polar surface area (TPSA) is 39.2 Å². The van der Waals surface area contributed by atoms with E-state index in [-0.39, 0.29) is 6.04 Å². The molecule has 12 heavy (non-hydrogen) atoms. The number of hydrogen-bond donors (Lipinski definition) is 1. The van der Waals surface area contributed by atoms with Crippen LogP contribution in [-0.4, -0.2) is 6.04 Å². The lowest BCUT2D eigenvalue weighted by molar-refractivity contribution is 0.441. The predicted octanol–water partition coefficient (Wildman–Crippen LogP) is 2.64. The largest absolute Gasteiger partial charge is 0.468 e. The molecule has 0 spiro atoms. The zero-order valence-electron chi connectivity index (χ0n) is 6.79. The standard InChI is InChI=1S/C9H12BrNO/c10-7-4-5-12-9(7)6-2-1-3-8(6)11/h4-6,8H,1-3,11H2. The molecule has 2 unspecified atom stereocenters. The molecule has 3 heteroatoms. The van der Waals surface area contributed by atoms with Crippen molar-refractivity contribution in [2.24, 2.45) is 5.73 Å². The highest BCUT2D eigenvalue weighted by Crippen LogP contribution is 2.37. The molecule has 1 aromatic heterocycles. The average molecular weight is 230 g/mol. The molecular weight excluding hydrogens is 218 g/mol. The third-order valence-electron chi connectivity index (χ3n) is 2.55. The van der Waals surface area contributed by atoms with Gasteiger partial charge in [-0.25, -0.2) is 0 Å². The second-order valence-corrected chi connectivity index (χ2v) is 4.19. The van der Waals surface area contributed by atoms with Crippen LogP contribution < -0.4 is 5.73 Å². The van der Waals surface area contributed by atoms with Gasteiger partial charge in [-0.1, -0.05) is 6.42 Å². The van der Waals surface area contributed by atoms with Crippen LogP contribution in [0, 0.1) is 0 Å². The Labute approximate surface area is 80.3 Å². The molecule has 2 N–H and O–H groups in total. The van der Waals surface area contributed by atoms with E-state index in [1.54, 1.807) is 6.26 Å². The van der Waals surface area contributed by atoms with Crippen LogP contribution in [0.4, 0.5) is 0 Å². The van der Waals surface area contributed by atoms with E-state index in [4.69, 9.17) is 10.2 Å². The minimum atomic E-state index is 0.285. The van der Waals surface area contributed by atoms with Crippen LogP contribution in [0.5, 0.6) is 0 Å². The fourth-order valence-corrected chi connectivity index (χ4v) is 2.38. The monoisotopic (exact) mass is 229 g/mol. The van der Waals surface area contributed by atoms with E-state index in [0.717, 1.165) is 23.1 Å². The van der Waals surface area contributed by atoms with Crippen molar-refractivity contribution >= 4 is 15.9 Å². The Morgan fingerprint density at radius 3 is 2.83 bits per heavy atom. The molecule has 2 rings (SSSR count). The van der Waals surface area contributed by atoms with Crippen LogP contribution in [0.2, 0.25) is 0 Å². The van der Waals surface area contributed by atoms with Crippen molar-refractivity contribution in [2.75, 3.05) is 0 Å². The van der Waals surface area contributed by atoms with Crippen molar-refractivity contribution in [1.82, 2.24) is 0 Å². The minimum Gasteiger partial charge on any atom is -0.468 e. The molecule has 1 fully saturated rings. The molecule has 1 aromatic rings. The lowest BCUT2D eigenvalue weighted by Gasteiger charge is -2.12. The maximum Gasteiger partial charge on any atom is 0.122 e. The normalized spacial score (nSPS) is 29.5. The van der Waals surface area contributed by atoms with E-state index in [9.17, 15) is 0 Å². The molecule has 2 atom stereocenters. The summed E-state index contributed by atoms with van der Waals surface area (Å²) in [6, 6.07) is 2.22. The summed E-state index contributed by atoms with van der Waals surface area (Å²) in [4.78, 5) is 0. The summed E-state index contributed by atoms with van der Waals surface area (Å²) in [5, 5.41) is 0. The number of halogens is 1. The van der Waals surface area contributed by atoms with Gasteiger partial charge in [-0.15, -0.1) is 0 Å². The van der Waals surface area contributed by atoms with Crippen LogP contribution in [0.15, 0.2) is 21.2 Å². The number of hydrogen-bond acceptors (Lipinski definition) is 2. The van der Waals surface area contributed by atoms with Gasteiger partial charge >= 0.3 is 0 Å². The Kier molecular flexibility index (Phi) is 2.24. The van der Waals surface area contributed by atoms with Gasteiger partial charge in [0.1, 0.15) is 5.76 Å². The highest BCUT2D eigenvalue weighted by molar-refractivity contribution is 9.10. The Morgan fingerprint density at radius 2 is 2.33 bits per heavy atom. The van der Waals surface area contributed by atoms with Gasteiger partial charge in [0.25, 0.3) is 0 Å². The first-order valence-corrected chi connectivity index (χ1v) is 5.07. The summed E-state index contributed by atoms with van der Waals surface area (Å²) in [7, 11) is 0. The Bertz CT molecular complexity index is 271. The van der Waals surface area contributed by atoms with Gasteiger partial charge in [-0.2, -0.15) is 0 Å². The van der Waals surface area contributed by atoms with Crippen molar-refractivity contribution in [3.8, 4) is 0 Å². The maximum absolute atomic E-state index is 5.96. The van der Waals surface area contributed by atoms with Crippen molar-refractivity contribution in [2.45, 2.75) is 31.2 Å². The first kappa shape index (κ1) is 8.32. The molecular formula is C9H12BrNO. The van der Waals surface area contributed by atoms with Gasteiger partial charge in [0.05, 0.1) is 10.7 Å². The lowest BCUT2D eigenvalue weighted by atomic mass is 10.0. The van der Waals surface area contributed by atoms with E-state index in [0.29, 0.717) is 5.92 Å². The second kappa shape index (κ2) is 3.23. The summed E-state index contributed by atoms with van der Waals surface area (Å²) in [6.07, 6.45) is 5.22. The summed E-state index contributed by atoms with van der Waals surface area (Å²) in [5.74, 6) is 1.45. The molecule has 0 bridgehead atoms. The van der Waals surface area contributed by atoms with Gasteiger partial charge in [0, 0.05) is 12.0 Å². The molecule has 0 saturated heterocycles. The van der Waals surface area contributed by atoms with Crippen LogP contribution in [-0.2, 0) is 0 Å². The Morgan fingerprint density at radius 1 is 1.50 bits per heavy atom. The molecule has 1 saturated carbocycles. The zero-order valence-corrected chi connectivity index (χ0v) is 8.38. The van der Waals surface area contributed by atoms with Gasteiger partial charge < -0.3 is 10.2 Å². The van der Waals surface area contributed by atoms with Gasteiger partial charge in [0.15, 0.2) is 0 Å². The molecule has 0 aromatic carbocycles. The summed E-state index contributed by atoms with van der Waals surface area (Å²) in [5.41, 5.74) is 5.96. The van der Waals surface area contributed by atoms with Crippen molar-refractivity contribution in [1.29, 1.82) is 0 Å². The van der Waals surface area contributed by atoms with Crippen LogP contribution in [0.25, 0.3) is 0 Å². The van der Waals surface area contributed by atoms with Crippen LogP contribution in [0.3, 0.4) is 0 Å². The number of rotatable bonds is 1. The molecule has 2 nitrogen and oxygen atoms in total. The van der Waals surface area contributed by atoms with E-state index >= 15 is 0 Å². The molecule has 1 aliphatic rings. The second-order valence-electron chi connectivity index (χ2n) is 3.33. The van der Waals surface area contributed by atoms with E-state index in [1.165, 1.54) is 6.42 Å². The minimum absolute atomic E-state index is 0.285. The molecule has 0 radical (unpaired) electrons. The van der Waals surface area contributed by atoms with E-state index in [2.05, 4.69) is 15.9 Å². The molecule has 1 aliphatic carbocycles. The summed E-state index contributed by atoms with van der Waals surface area (Å²) < 4.78 is 6.45. The summed E-state index contributed by atoms with van der Waals surface area (Å²) in [6.45, 7) is 0. The fraction of sp³-hybridized carbons (Fsp3) is 0.556. The van der Waals surface area contributed by atoms with Crippen molar-refractivity contribution < 1.29 is 4.42 Å². The lowest BCUT2D eigenvalue weighted by Crippen LogP contribution is -2.22. The molecule has 0 aliphatic heterocycles. The molecule has 1 heterocycles. The third kappa shape index (κ3) is 1.31. The van der Waals surface area contributed by atoms with Crippen LogP contribution >= 0.6 is 15.9 Å². The highest BCUT2D eigenvalue weighted by Gasteiger charge is 2.29. The average Bonchev–Trinajstić information content (AvgIpc) is 2.59. The van der Waals surface area contributed by atoms with Crippen LogP contribution in [0.1, 0.15) is 30.9 Å². The highest BCUT2D eigenvalue weighted by atomic mass is 79.9. The fourth-order valence-electron chi connectivity index (χ4n) is 1.88. The van der Waals surface area contributed by atoms with Gasteiger partial charge in [-0.05, 0) is 34.8 Å². The Balaban J connectivity index is 2.24. The van der Waals surface area contributed by atoms with E-state index < -0.39 is 0 Å². The molecule has 0 amide bonds. The number of furan rings is 1. The smallest absolute Gasteiger partial charge is 0.122 e. The first-order chi connectivity index (χ1) is 5.79. The first-order valence-electron chi connectivity index (χ1n) is 4.27. The SMILES string of the molecule is NC1CCCC1c1occc1Br. The van der Waals surface area contributed by atoms with Gasteiger partial charge in [0.2, 0.25) is 0 Å². The van der Waals surface area contributed by atoms with Crippen molar-refractivity contribution in [3.05, 3.63) is 22.6 Å². The quantitative estimate of drug-likeness (QED) is 0.805. The summed E-state index contributed by atoms with van der Waals surface area (Å²) >= 11 is 3.45. The number of nitrogens with two attached hydrogens (primary N) is 1. The van der Waals surface area contributed by atoms with Crippen molar-refractivity contribution in [3.63, 3.8) is 0 Å². The van der Waals surface area contributed by atoms with Gasteiger partial charge in [-0.3, -0.25) is 0 Å². The third-order valence-corrected chi connectivity index (χ3v) is 3.21. The maximum atomic E-state index is 5.96. The zero-order chi connectivity index (χ0) is 8.55. The van der Waals surface area contributed by atoms with E-state index in [1.807, 2.05) is 6.07 Å². The molecule has 66 valence electrons.